The zero-order chi connectivity index (χ0) is 10.3. The van der Waals surface area contributed by atoms with E-state index in [0.717, 1.165) is 16.7 Å². The van der Waals surface area contributed by atoms with E-state index in [1.165, 1.54) is 0 Å². The van der Waals surface area contributed by atoms with Crippen molar-refractivity contribution in [1.29, 1.82) is 0 Å². The van der Waals surface area contributed by atoms with Crippen molar-refractivity contribution in [2.75, 3.05) is 0 Å². The summed E-state index contributed by atoms with van der Waals surface area (Å²) in [4.78, 5) is 11.6. The van der Waals surface area contributed by atoms with Gasteiger partial charge in [0.25, 0.3) is 0 Å². The second-order valence-electron chi connectivity index (χ2n) is 3.66. The molecule has 0 heterocycles. The Morgan fingerprint density at radius 3 is 2.71 bits per heavy atom. The van der Waals surface area contributed by atoms with Crippen LogP contribution in [0.25, 0.3) is 0 Å². The quantitative estimate of drug-likeness (QED) is 0.500. The summed E-state index contributed by atoms with van der Waals surface area (Å²) in [5.41, 5.74) is 4.08. The van der Waals surface area contributed by atoms with Gasteiger partial charge < -0.3 is 5.21 Å². The standard InChI is InChI=1S/C11H11NO2/c1-6-3-7(2)8-5-10(12-14)11(13)9(8)4-6/h3-4,14H,5H2,1-2H3/b12-10-. The molecule has 0 aromatic heterocycles. The van der Waals surface area contributed by atoms with Gasteiger partial charge in [-0.25, -0.2) is 0 Å². The van der Waals surface area contributed by atoms with Crippen molar-refractivity contribution in [3.8, 4) is 0 Å². The summed E-state index contributed by atoms with van der Waals surface area (Å²) in [6.45, 7) is 3.92. The van der Waals surface area contributed by atoms with Crippen LogP contribution in [-0.2, 0) is 6.42 Å². The molecule has 1 aromatic rings. The number of hydrogen-bond acceptors (Lipinski definition) is 3. The first-order valence-corrected chi connectivity index (χ1v) is 4.49. The molecular formula is C11H11NO2. The number of nitrogens with zero attached hydrogens (tertiary/aromatic N) is 1. The lowest BCUT2D eigenvalue weighted by Crippen LogP contribution is -2.06. The van der Waals surface area contributed by atoms with Gasteiger partial charge in [0.2, 0.25) is 5.78 Å². The number of ketones is 1. The number of carbonyl (C=O) groups is 1. The molecule has 1 aromatic carbocycles. The van der Waals surface area contributed by atoms with Crippen LogP contribution in [0.3, 0.4) is 0 Å². The maximum Gasteiger partial charge on any atom is 0.211 e. The molecule has 2 rings (SSSR count). The van der Waals surface area contributed by atoms with Crippen molar-refractivity contribution in [3.63, 3.8) is 0 Å². The predicted octanol–water partition coefficient (Wildman–Crippen LogP) is 1.87. The molecule has 0 saturated carbocycles. The highest BCUT2D eigenvalue weighted by atomic mass is 16.4. The van der Waals surface area contributed by atoms with E-state index in [-0.39, 0.29) is 11.5 Å². The Morgan fingerprint density at radius 1 is 1.36 bits per heavy atom. The second kappa shape index (κ2) is 2.94. The lowest BCUT2D eigenvalue weighted by atomic mass is 10.0. The fourth-order valence-corrected chi connectivity index (χ4v) is 1.92. The minimum atomic E-state index is -0.144. The summed E-state index contributed by atoms with van der Waals surface area (Å²) in [5.74, 6) is -0.144. The fourth-order valence-electron chi connectivity index (χ4n) is 1.92. The number of oxime groups is 1. The molecule has 0 amide bonds. The van der Waals surface area contributed by atoms with E-state index < -0.39 is 0 Å². The number of carbonyl (C=O) groups excluding carboxylic acids is 1. The van der Waals surface area contributed by atoms with Crippen LogP contribution in [0.4, 0.5) is 0 Å². The normalized spacial score (nSPS) is 17.6. The van der Waals surface area contributed by atoms with Crippen LogP contribution < -0.4 is 0 Å². The Hall–Kier alpha value is -1.64. The van der Waals surface area contributed by atoms with Crippen LogP contribution >= 0.6 is 0 Å². The number of Topliss-reactive ketones (excluding diaryl/α,β-unsaturated/α-hetero) is 1. The Kier molecular flexibility index (Phi) is 1.88. The molecular weight excluding hydrogens is 178 g/mol. The summed E-state index contributed by atoms with van der Waals surface area (Å²) >= 11 is 0. The lowest BCUT2D eigenvalue weighted by molar-refractivity contribution is 0.106. The molecule has 3 nitrogen and oxygen atoms in total. The summed E-state index contributed by atoms with van der Waals surface area (Å²) < 4.78 is 0. The minimum absolute atomic E-state index is 0.144. The molecule has 1 N–H and O–H groups in total. The number of rotatable bonds is 0. The Morgan fingerprint density at radius 2 is 2.07 bits per heavy atom. The Labute approximate surface area is 82.1 Å². The maximum atomic E-state index is 11.6. The number of hydrogen-bond donors (Lipinski definition) is 1. The Bertz CT molecular complexity index is 447. The number of fused-ring (bicyclic) bond motifs is 1. The van der Waals surface area contributed by atoms with Crippen LogP contribution in [0.1, 0.15) is 27.0 Å². The summed E-state index contributed by atoms with van der Waals surface area (Å²) in [5, 5.41) is 11.7. The zero-order valence-corrected chi connectivity index (χ0v) is 8.16. The third-order valence-corrected chi connectivity index (χ3v) is 2.59. The minimum Gasteiger partial charge on any atom is -0.411 e. The topological polar surface area (TPSA) is 49.7 Å². The van der Waals surface area contributed by atoms with E-state index in [2.05, 4.69) is 5.16 Å². The monoisotopic (exact) mass is 189 g/mol. The van der Waals surface area contributed by atoms with Gasteiger partial charge in [-0.15, -0.1) is 0 Å². The van der Waals surface area contributed by atoms with E-state index in [1.807, 2.05) is 26.0 Å². The molecule has 72 valence electrons. The van der Waals surface area contributed by atoms with Gasteiger partial charge >= 0.3 is 0 Å². The van der Waals surface area contributed by atoms with Crippen LogP contribution in [0.2, 0.25) is 0 Å². The van der Waals surface area contributed by atoms with Crippen LogP contribution in [-0.4, -0.2) is 16.7 Å². The average Bonchev–Trinajstić information content (AvgIpc) is 2.44. The third-order valence-electron chi connectivity index (χ3n) is 2.59. The molecule has 0 atom stereocenters. The second-order valence-corrected chi connectivity index (χ2v) is 3.66. The van der Waals surface area contributed by atoms with Gasteiger partial charge in [-0.05, 0) is 31.0 Å². The number of benzene rings is 1. The van der Waals surface area contributed by atoms with E-state index >= 15 is 0 Å². The van der Waals surface area contributed by atoms with Crippen molar-refractivity contribution in [2.45, 2.75) is 20.3 Å². The number of aryl methyl sites for hydroxylation is 2. The zero-order valence-electron chi connectivity index (χ0n) is 8.16. The van der Waals surface area contributed by atoms with E-state index in [1.54, 1.807) is 0 Å². The van der Waals surface area contributed by atoms with E-state index in [9.17, 15) is 4.79 Å². The molecule has 0 saturated heterocycles. The first kappa shape index (κ1) is 8.94. The molecule has 0 unspecified atom stereocenters. The molecule has 1 aliphatic rings. The van der Waals surface area contributed by atoms with Crippen LogP contribution in [0, 0.1) is 13.8 Å². The summed E-state index contributed by atoms with van der Waals surface area (Å²) in [6, 6.07) is 3.88. The van der Waals surface area contributed by atoms with Crippen molar-refractivity contribution in [2.24, 2.45) is 5.16 Å². The van der Waals surface area contributed by atoms with Gasteiger partial charge in [0.15, 0.2) is 0 Å². The van der Waals surface area contributed by atoms with Crippen molar-refractivity contribution in [1.82, 2.24) is 0 Å². The van der Waals surface area contributed by atoms with Crippen molar-refractivity contribution < 1.29 is 10.0 Å². The first-order valence-electron chi connectivity index (χ1n) is 4.49. The highest BCUT2D eigenvalue weighted by molar-refractivity contribution is 6.49. The molecule has 0 bridgehead atoms. The molecule has 1 aliphatic carbocycles. The summed E-state index contributed by atoms with van der Waals surface area (Å²) in [6.07, 6.45) is 0.455. The van der Waals surface area contributed by atoms with Crippen molar-refractivity contribution in [3.05, 3.63) is 34.4 Å². The highest BCUT2D eigenvalue weighted by Gasteiger charge is 2.28. The van der Waals surface area contributed by atoms with Crippen LogP contribution in [0.15, 0.2) is 17.3 Å². The van der Waals surface area contributed by atoms with Gasteiger partial charge in [0.1, 0.15) is 5.71 Å². The van der Waals surface area contributed by atoms with Gasteiger partial charge in [0, 0.05) is 12.0 Å². The average molecular weight is 189 g/mol. The van der Waals surface area contributed by atoms with Gasteiger partial charge in [-0.1, -0.05) is 16.8 Å². The van der Waals surface area contributed by atoms with Crippen molar-refractivity contribution >= 4 is 11.5 Å². The predicted molar refractivity (Wildman–Crippen MR) is 53.2 cm³/mol. The van der Waals surface area contributed by atoms with E-state index in [0.29, 0.717) is 12.0 Å². The fraction of sp³-hybridized carbons (Fsp3) is 0.273. The molecule has 0 fully saturated rings. The third kappa shape index (κ3) is 1.13. The van der Waals surface area contributed by atoms with Gasteiger partial charge in [-0.2, -0.15) is 0 Å². The Balaban J connectivity index is 2.65. The molecule has 3 heteroatoms. The SMILES string of the molecule is Cc1cc(C)c2c(c1)C(=O)/C(=N\O)C2. The maximum absolute atomic E-state index is 11.6. The van der Waals surface area contributed by atoms with Gasteiger partial charge in [-0.3, -0.25) is 4.79 Å². The van der Waals surface area contributed by atoms with Gasteiger partial charge in [0.05, 0.1) is 0 Å². The van der Waals surface area contributed by atoms with Crippen LogP contribution in [0.5, 0.6) is 0 Å². The smallest absolute Gasteiger partial charge is 0.211 e. The first-order chi connectivity index (χ1) is 6.63. The van der Waals surface area contributed by atoms with E-state index in [4.69, 9.17) is 5.21 Å². The largest absolute Gasteiger partial charge is 0.411 e. The molecule has 0 spiro atoms. The molecule has 0 radical (unpaired) electrons. The lowest BCUT2D eigenvalue weighted by Gasteiger charge is -2.02. The molecule has 14 heavy (non-hydrogen) atoms. The summed E-state index contributed by atoms with van der Waals surface area (Å²) in [7, 11) is 0. The molecule has 0 aliphatic heterocycles. The highest BCUT2D eigenvalue weighted by Crippen LogP contribution is 2.25.